The monoisotopic (exact) mass is 345 g/mol. The van der Waals surface area contributed by atoms with Gasteiger partial charge in [-0.05, 0) is 30.7 Å². The number of hydrogen-bond donors (Lipinski definition) is 1. The van der Waals surface area contributed by atoms with Crippen molar-refractivity contribution >= 4 is 27.2 Å². The third-order valence-electron chi connectivity index (χ3n) is 4.13. The topological polar surface area (TPSA) is 93.7 Å². The Morgan fingerprint density at radius 1 is 1.29 bits per heavy atom. The minimum absolute atomic E-state index is 0.0588. The molecule has 4 heterocycles. The molecule has 0 aromatic carbocycles. The van der Waals surface area contributed by atoms with Gasteiger partial charge in [0, 0.05) is 6.20 Å². The minimum Gasteiger partial charge on any atom is -0.463 e. The van der Waals surface area contributed by atoms with Gasteiger partial charge in [0.05, 0.1) is 23.7 Å². The second kappa shape index (κ2) is 5.48. The summed E-state index contributed by atoms with van der Waals surface area (Å²) in [7, 11) is -3.12. The zero-order valence-electron chi connectivity index (χ0n) is 12.7. The molecule has 1 saturated heterocycles. The molecule has 1 atom stereocenters. The summed E-state index contributed by atoms with van der Waals surface area (Å²) in [6.45, 7) is 0. The molecule has 7 nitrogen and oxygen atoms in total. The quantitative estimate of drug-likeness (QED) is 0.783. The van der Waals surface area contributed by atoms with E-state index in [9.17, 15) is 13.2 Å². The van der Waals surface area contributed by atoms with Gasteiger partial charge in [-0.1, -0.05) is 6.07 Å². The maximum atomic E-state index is 12.5. The van der Waals surface area contributed by atoms with Crippen LogP contribution < -0.4 is 5.32 Å². The fraction of sp³-hybridized carbons (Fsp3) is 0.250. The maximum absolute atomic E-state index is 12.5. The largest absolute Gasteiger partial charge is 0.463 e. The Bertz CT molecular complexity index is 1010. The molecule has 3 aromatic rings. The first kappa shape index (κ1) is 14.9. The summed E-state index contributed by atoms with van der Waals surface area (Å²) in [6.07, 6.45) is 3.67. The van der Waals surface area contributed by atoms with E-state index < -0.39 is 15.8 Å². The van der Waals surface area contributed by atoms with Gasteiger partial charge in [0.1, 0.15) is 17.2 Å². The number of carbonyl (C=O) groups is 1. The highest BCUT2D eigenvalue weighted by molar-refractivity contribution is 7.91. The Morgan fingerprint density at radius 3 is 2.88 bits per heavy atom. The van der Waals surface area contributed by atoms with E-state index in [1.165, 1.54) is 6.26 Å². The van der Waals surface area contributed by atoms with Crippen LogP contribution >= 0.6 is 0 Å². The summed E-state index contributed by atoms with van der Waals surface area (Å²) >= 11 is 0. The number of nitrogens with one attached hydrogen (secondary N) is 1. The van der Waals surface area contributed by atoms with Gasteiger partial charge in [-0.3, -0.25) is 9.20 Å². The molecular weight excluding hydrogens is 330 g/mol. The first-order valence-electron chi connectivity index (χ1n) is 7.56. The number of aromatic nitrogens is 2. The van der Waals surface area contributed by atoms with Gasteiger partial charge in [-0.25, -0.2) is 13.4 Å². The SMILES string of the molecule is O=C(Nc1c(-c2ccco2)nc2ccccn12)[C@H]1CCS(=O)(=O)C1. The van der Waals surface area contributed by atoms with E-state index in [1.807, 2.05) is 18.2 Å². The van der Waals surface area contributed by atoms with E-state index in [0.717, 1.165) is 0 Å². The van der Waals surface area contributed by atoms with Crippen molar-refractivity contribution in [1.29, 1.82) is 0 Å². The third-order valence-corrected chi connectivity index (χ3v) is 5.90. The molecule has 1 aliphatic rings. The lowest BCUT2D eigenvalue weighted by Crippen LogP contribution is -2.24. The lowest BCUT2D eigenvalue weighted by Gasteiger charge is -2.10. The Balaban J connectivity index is 1.73. The highest BCUT2D eigenvalue weighted by atomic mass is 32.2. The maximum Gasteiger partial charge on any atom is 0.229 e. The summed E-state index contributed by atoms with van der Waals surface area (Å²) in [4.78, 5) is 17.0. The fourth-order valence-corrected chi connectivity index (χ4v) is 4.66. The van der Waals surface area contributed by atoms with Gasteiger partial charge in [0.15, 0.2) is 15.6 Å². The molecule has 0 bridgehead atoms. The van der Waals surface area contributed by atoms with Gasteiger partial charge < -0.3 is 9.73 Å². The van der Waals surface area contributed by atoms with Crippen molar-refractivity contribution in [3.8, 4) is 11.5 Å². The molecule has 0 spiro atoms. The lowest BCUT2D eigenvalue weighted by atomic mass is 10.1. The first-order valence-corrected chi connectivity index (χ1v) is 9.38. The van der Waals surface area contributed by atoms with E-state index >= 15 is 0 Å². The zero-order chi connectivity index (χ0) is 16.7. The normalized spacial score (nSPS) is 19.6. The summed E-state index contributed by atoms with van der Waals surface area (Å²) in [5, 5.41) is 2.84. The Kier molecular flexibility index (Phi) is 3.42. The molecule has 0 radical (unpaired) electrons. The molecule has 0 aliphatic carbocycles. The number of hydrogen-bond acceptors (Lipinski definition) is 5. The predicted octanol–water partition coefficient (Wildman–Crippen LogP) is 1.97. The van der Waals surface area contributed by atoms with Gasteiger partial charge in [-0.15, -0.1) is 0 Å². The highest BCUT2D eigenvalue weighted by Crippen LogP contribution is 2.30. The van der Waals surface area contributed by atoms with Crippen molar-refractivity contribution in [3.63, 3.8) is 0 Å². The second-order valence-electron chi connectivity index (χ2n) is 5.80. The Hall–Kier alpha value is -2.61. The number of fused-ring (bicyclic) bond motifs is 1. The number of furan rings is 1. The highest BCUT2D eigenvalue weighted by Gasteiger charge is 2.33. The summed E-state index contributed by atoms with van der Waals surface area (Å²) in [5.74, 6) is 0.126. The van der Waals surface area contributed by atoms with Crippen molar-refractivity contribution in [2.75, 3.05) is 16.8 Å². The summed E-state index contributed by atoms with van der Waals surface area (Å²) in [5.41, 5.74) is 1.18. The molecule has 1 aliphatic heterocycles. The van der Waals surface area contributed by atoms with E-state index in [2.05, 4.69) is 10.3 Å². The molecule has 124 valence electrons. The van der Waals surface area contributed by atoms with Crippen LogP contribution in [0.2, 0.25) is 0 Å². The number of amides is 1. The molecule has 4 rings (SSSR count). The number of nitrogens with zero attached hydrogens (tertiary/aromatic N) is 2. The van der Waals surface area contributed by atoms with Crippen LogP contribution in [-0.2, 0) is 14.6 Å². The summed E-state index contributed by atoms with van der Waals surface area (Å²) in [6, 6.07) is 9.01. The molecule has 1 amide bonds. The van der Waals surface area contributed by atoms with Crippen LogP contribution in [0.3, 0.4) is 0 Å². The van der Waals surface area contributed by atoms with Crippen LogP contribution in [0.5, 0.6) is 0 Å². The van der Waals surface area contributed by atoms with Crippen LogP contribution in [-0.4, -0.2) is 35.2 Å². The van der Waals surface area contributed by atoms with E-state index in [0.29, 0.717) is 29.3 Å². The Labute approximate surface area is 138 Å². The van der Waals surface area contributed by atoms with E-state index in [4.69, 9.17) is 4.42 Å². The predicted molar refractivity (Wildman–Crippen MR) is 88.3 cm³/mol. The molecular formula is C16H15N3O4S. The molecule has 1 N–H and O–H groups in total. The standard InChI is InChI=1S/C16H15N3O4S/c20-16(11-6-9-24(21,22)10-11)18-15-14(12-4-3-8-23-12)17-13-5-1-2-7-19(13)15/h1-5,7-8,11H,6,9-10H2,(H,18,20)/t11-/m0/s1. The smallest absolute Gasteiger partial charge is 0.229 e. The second-order valence-corrected chi connectivity index (χ2v) is 8.03. The van der Waals surface area contributed by atoms with Crippen LogP contribution in [0.4, 0.5) is 5.82 Å². The molecule has 8 heteroatoms. The van der Waals surface area contributed by atoms with Gasteiger partial charge in [0.25, 0.3) is 0 Å². The number of pyridine rings is 1. The number of sulfone groups is 1. The van der Waals surface area contributed by atoms with Gasteiger partial charge >= 0.3 is 0 Å². The first-order chi connectivity index (χ1) is 11.5. The van der Waals surface area contributed by atoms with Crippen molar-refractivity contribution in [2.45, 2.75) is 6.42 Å². The number of carbonyl (C=O) groups excluding carboxylic acids is 1. The fourth-order valence-electron chi connectivity index (χ4n) is 2.92. The van der Waals surface area contributed by atoms with Crippen LogP contribution in [0.15, 0.2) is 47.2 Å². The average Bonchev–Trinajstić information content (AvgIpc) is 3.26. The van der Waals surface area contributed by atoms with Crippen LogP contribution in [0, 0.1) is 5.92 Å². The van der Waals surface area contributed by atoms with Gasteiger partial charge in [0.2, 0.25) is 5.91 Å². The zero-order valence-corrected chi connectivity index (χ0v) is 13.5. The number of anilines is 1. The van der Waals surface area contributed by atoms with Crippen molar-refractivity contribution < 1.29 is 17.6 Å². The van der Waals surface area contributed by atoms with Crippen LogP contribution in [0.1, 0.15) is 6.42 Å². The molecule has 3 aromatic heterocycles. The molecule has 0 saturated carbocycles. The van der Waals surface area contributed by atoms with Gasteiger partial charge in [-0.2, -0.15) is 0 Å². The average molecular weight is 345 g/mol. The molecule has 24 heavy (non-hydrogen) atoms. The number of imidazole rings is 1. The molecule has 1 fully saturated rings. The Morgan fingerprint density at radius 2 is 2.17 bits per heavy atom. The van der Waals surface area contributed by atoms with Crippen LogP contribution in [0.25, 0.3) is 17.1 Å². The van der Waals surface area contributed by atoms with E-state index in [1.54, 1.807) is 22.7 Å². The van der Waals surface area contributed by atoms with Crippen molar-refractivity contribution in [3.05, 3.63) is 42.8 Å². The number of rotatable bonds is 3. The van der Waals surface area contributed by atoms with Crippen molar-refractivity contribution in [2.24, 2.45) is 5.92 Å². The minimum atomic E-state index is -3.12. The third kappa shape index (κ3) is 2.58. The van der Waals surface area contributed by atoms with E-state index in [-0.39, 0.29) is 17.4 Å². The lowest BCUT2D eigenvalue weighted by molar-refractivity contribution is -0.119. The summed E-state index contributed by atoms with van der Waals surface area (Å²) < 4.78 is 30.4. The van der Waals surface area contributed by atoms with Crippen molar-refractivity contribution in [1.82, 2.24) is 9.38 Å². The molecule has 0 unspecified atom stereocenters.